The number of carbonyl (C=O) groups excluding carboxylic acids is 1. The van der Waals surface area contributed by atoms with Gasteiger partial charge in [-0.3, -0.25) is 0 Å². The van der Waals surface area contributed by atoms with E-state index in [-0.39, 0.29) is 6.61 Å². The normalized spacial score (nSPS) is 10.1. The predicted octanol–water partition coefficient (Wildman–Crippen LogP) is 0.809. The molecular formula is C8H11NO2S. The maximum absolute atomic E-state index is 10.1. The number of hydrogen-bond acceptors (Lipinski definition) is 4. The molecule has 0 spiro atoms. The zero-order chi connectivity index (χ0) is 8.81. The highest BCUT2D eigenvalue weighted by Crippen LogP contribution is 2.11. The van der Waals surface area contributed by atoms with Gasteiger partial charge in [-0.15, -0.1) is 11.3 Å². The Morgan fingerprint density at radius 3 is 3.17 bits per heavy atom. The first kappa shape index (κ1) is 9.35. The minimum atomic E-state index is 0.197. The van der Waals surface area contributed by atoms with Crippen molar-refractivity contribution in [1.82, 2.24) is 4.98 Å². The third-order valence-corrected chi connectivity index (χ3v) is 2.40. The van der Waals surface area contributed by atoms with E-state index < -0.39 is 0 Å². The quantitative estimate of drug-likeness (QED) is 0.691. The number of carbonyl (C=O) groups is 1. The molecule has 4 heteroatoms. The Balaban J connectivity index is 2.46. The molecule has 0 saturated carbocycles. The van der Waals surface area contributed by atoms with Crippen molar-refractivity contribution in [2.75, 3.05) is 6.61 Å². The van der Waals surface area contributed by atoms with Crippen LogP contribution in [0.15, 0.2) is 5.38 Å². The van der Waals surface area contributed by atoms with Crippen molar-refractivity contribution in [1.29, 1.82) is 0 Å². The van der Waals surface area contributed by atoms with Crippen LogP contribution in [-0.4, -0.2) is 23.0 Å². The Morgan fingerprint density at radius 2 is 2.50 bits per heavy atom. The first-order valence-electron chi connectivity index (χ1n) is 3.84. The van der Waals surface area contributed by atoms with Gasteiger partial charge in [0.2, 0.25) is 0 Å². The Morgan fingerprint density at radius 1 is 1.67 bits per heavy atom. The van der Waals surface area contributed by atoms with Crippen LogP contribution in [0.2, 0.25) is 0 Å². The zero-order valence-corrected chi connectivity index (χ0v) is 7.51. The molecule has 12 heavy (non-hydrogen) atoms. The van der Waals surface area contributed by atoms with E-state index >= 15 is 0 Å². The summed E-state index contributed by atoms with van der Waals surface area (Å²) in [6.45, 7) is 0.197. The number of thiazole rings is 1. The molecule has 1 heterocycles. The molecule has 0 aromatic carbocycles. The van der Waals surface area contributed by atoms with Gasteiger partial charge in [0.05, 0.1) is 10.7 Å². The molecule has 1 rings (SSSR count). The second-order valence-corrected chi connectivity index (χ2v) is 3.37. The molecule has 1 aromatic heterocycles. The molecule has 0 saturated heterocycles. The van der Waals surface area contributed by atoms with Gasteiger partial charge >= 0.3 is 0 Å². The average molecular weight is 185 g/mol. The minimum absolute atomic E-state index is 0.197. The summed E-state index contributed by atoms with van der Waals surface area (Å²) in [5, 5.41) is 11.4. The molecule has 0 aliphatic rings. The Kier molecular flexibility index (Phi) is 3.90. The summed E-state index contributed by atoms with van der Waals surface area (Å²) in [4.78, 5) is 14.3. The lowest BCUT2D eigenvalue weighted by Gasteiger charge is -1.90. The number of aryl methyl sites for hydroxylation is 1. The standard InChI is InChI=1S/C8H11NO2S/c10-4-1-2-8-9-7(3-5-11)6-12-8/h5-6,10H,1-4H2. The minimum Gasteiger partial charge on any atom is -0.396 e. The van der Waals surface area contributed by atoms with Crippen LogP contribution in [0.3, 0.4) is 0 Å². The first-order valence-corrected chi connectivity index (χ1v) is 4.72. The number of nitrogens with zero attached hydrogens (tertiary/aromatic N) is 1. The van der Waals surface area contributed by atoms with Crippen molar-refractivity contribution >= 4 is 17.6 Å². The molecule has 1 aromatic rings. The average Bonchev–Trinajstić information content (AvgIpc) is 2.50. The topological polar surface area (TPSA) is 50.2 Å². The van der Waals surface area contributed by atoms with Gasteiger partial charge < -0.3 is 9.90 Å². The van der Waals surface area contributed by atoms with E-state index in [0.717, 1.165) is 29.8 Å². The Labute approximate surface area is 75.1 Å². The largest absolute Gasteiger partial charge is 0.396 e. The fraction of sp³-hybridized carbons (Fsp3) is 0.500. The van der Waals surface area contributed by atoms with Crippen LogP contribution in [0.5, 0.6) is 0 Å². The van der Waals surface area contributed by atoms with Gasteiger partial charge in [0.15, 0.2) is 0 Å². The summed E-state index contributed by atoms with van der Waals surface area (Å²) in [7, 11) is 0. The predicted molar refractivity (Wildman–Crippen MR) is 47.3 cm³/mol. The lowest BCUT2D eigenvalue weighted by molar-refractivity contribution is -0.107. The van der Waals surface area contributed by atoms with Gasteiger partial charge in [-0.2, -0.15) is 0 Å². The summed E-state index contributed by atoms with van der Waals surface area (Å²) in [6, 6.07) is 0. The van der Waals surface area contributed by atoms with E-state index in [4.69, 9.17) is 5.11 Å². The van der Waals surface area contributed by atoms with E-state index in [0.29, 0.717) is 6.42 Å². The fourth-order valence-corrected chi connectivity index (χ4v) is 1.73. The van der Waals surface area contributed by atoms with Crippen LogP contribution in [0, 0.1) is 0 Å². The summed E-state index contributed by atoms with van der Waals surface area (Å²) < 4.78 is 0. The van der Waals surface area contributed by atoms with Gasteiger partial charge in [-0.05, 0) is 6.42 Å². The third kappa shape index (κ3) is 2.71. The molecule has 66 valence electrons. The number of aldehydes is 1. The van der Waals surface area contributed by atoms with Crippen molar-refractivity contribution < 1.29 is 9.90 Å². The molecule has 0 aliphatic heterocycles. The van der Waals surface area contributed by atoms with Crippen LogP contribution in [-0.2, 0) is 17.6 Å². The third-order valence-electron chi connectivity index (χ3n) is 1.44. The molecular weight excluding hydrogens is 174 g/mol. The maximum Gasteiger partial charge on any atom is 0.125 e. The smallest absolute Gasteiger partial charge is 0.125 e. The van der Waals surface area contributed by atoms with E-state index in [1.165, 1.54) is 0 Å². The van der Waals surface area contributed by atoms with Crippen LogP contribution in [0.1, 0.15) is 17.1 Å². The van der Waals surface area contributed by atoms with Crippen LogP contribution < -0.4 is 0 Å². The van der Waals surface area contributed by atoms with Gasteiger partial charge in [-0.25, -0.2) is 4.98 Å². The summed E-state index contributed by atoms with van der Waals surface area (Å²) in [5.41, 5.74) is 0.836. The van der Waals surface area contributed by atoms with Crippen LogP contribution >= 0.6 is 11.3 Å². The highest BCUT2D eigenvalue weighted by molar-refractivity contribution is 7.09. The molecule has 0 aliphatic carbocycles. The highest BCUT2D eigenvalue weighted by atomic mass is 32.1. The number of aromatic nitrogens is 1. The molecule has 0 atom stereocenters. The number of rotatable bonds is 5. The monoisotopic (exact) mass is 185 g/mol. The molecule has 0 bridgehead atoms. The Hall–Kier alpha value is -0.740. The second-order valence-electron chi connectivity index (χ2n) is 2.43. The van der Waals surface area contributed by atoms with Gasteiger partial charge in [-0.1, -0.05) is 0 Å². The number of hydrogen-bond donors (Lipinski definition) is 1. The van der Waals surface area contributed by atoms with Gasteiger partial charge in [0.1, 0.15) is 6.29 Å². The highest BCUT2D eigenvalue weighted by Gasteiger charge is 2.00. The van der Waals surface area contributed by atoms with Crippen molar-refractivity contribution in [3.8, 4) is 0 Å². The van der Waals surface area contributed by atoms with Crippen molar-refractivity contribution in [3.05, 3.63) is 16.1 Å². The van der Waals surface area contributed by atoms with Crippen LogP contribution in [0.4, 0.5) is 0 Å². The van der Waals surface area contributed by atoms with Gasteiger partial charge in [0, 0.05) is 24.8 Å². The second kappa shape index (κ2) is 5.00. The molecule has 0 unspecified atom stereocenters. The van der Waals surface area contributed by atoms with E-state index in [9.17, 15) is 4.79 Å². The number of aliphatic hydroxyl groups excluding tert-OH is 1. The number of aliphatic hydroxyl groups is 1. The van der Waals surface area contributed by atoms with E-state index in [2.05, 4.69) is 4.98 Å². The fourth-order valence-electron chi connectivity index (χ4n) is 0.873. The van der Waals surface area contributed by atoms with E-state index in [1.54, 1.807) is 11.3 Å². The lowest BCUT2D eigenvalue weighted by Crippen LogP contribution is -1.90. The molecule has 3 nitrogen and oxygen atoms in total. The summed E-state index contributed by atoms with van der Waals surface area (Å²) in [6.07, 6.45) is 2.80. The maximum atomic E-state index is 10.1. The summed E-state index contributed by atoms with van der Waals surface area (Å²) in [5.74, 6) is 0. The zero-order valence-electron chi connectivity index (χ0n) is 6.69. The SMILES string of the molecule is O=CCc1csc(CCCO)n1. The van der Waals surface area contributed by atoms with Crippen LogP contribution in [0.25, 0.3) is 0 Å². The van der Waals surface area contributed by atoms with Gasteiger partial charge in [0.25, 0.3) is 0 Å². The first-order chi connectivity index (χ1) is 5.86. The summed E-state index contributed by atoms with van der Waals surface area (Å²) >= 11 is 1.55. The molecule has 0 fully saturated rings. The van der Waals surface area contributed by atoms with E-state index in [1.807, 2.05) is 5.38 Å². The lowest BCUT2D eigenvalue weighted by atomic mass is 10.3. The van der Waals surface area contributed by atoms with Crippen molar-refractivity contribution in [2.45, 2.75) is 19.3 Å². The van der Waals surface area contributed by atoms with Crippen molar-refractivity contribution in [2.24, 2.45) is 0 Å². The molecule has 0 amide bonds. The molecule has 0 radical (unpaired) electrons. The van der Waals surface area contributed by atoms with Crippen molar-refractivity contribution in [3.63, 3.8) is 0 Å². The Bertz CT molecular complexity index is 247. The molecule has 1 N–H and O–H groups in total.